The number of nitrogens with two attached hydrogens (primary N) is 1. The van der Waals surface area contributed by atoms with Crippen LogP contribution in [0.25, 0.3) is 0 Å². The van der Waals surface area contributed by atoms with Crippen LogP contribution in [0.1, 0.15) is 18.5 Å². The number of ether oxygens (including phenoxy) is 1. The third kappa shape index (κ3) is 3.06. The van der Waals surface area contributed by atoms with Crippen LogP contribution in [0.3, 0.4) is 0 Å². The van der Waals surface area contributed by atoms with E-state index in [2.05, 4.69) is 27.8 Å². The summed E-state index contributed by atoms with van der Waals surface area (Å²) in [6, 6.07) is 6.50. The van der Waals surface area contributed by atoms with Gasteiger partial charge in [0.25, 0.3) is 0 Å². The summed E-state index contributed by atoms with van der Waals surface area (Å²) < 4.78 is 6.46. The lowest BCUT2D eigenvalue weighted by atomic mass is 10.0. The SMILES string of the molecule is CC1COCCN1C(CN)c1ccc(Br)cc1Cl. The summed E-state index contributed by atoms with van der Waals surface area (Å²) in [4.78, 5) is 2.37. The first-order valence-corrected chi connectivity index (χ1v) is 7.29. The second kappa shape index (κ2) is 6.35. The molecule has 0 bridgehead atoms. The quantitative estimate of drug-likeness (QED) is 0.924. The smallest absolute Gasteiger partial charge is 0.0620 e. The van der Waals surface area contributed by atoms with Gasteiger partial charge >= 0.3 is 0 Å². The summed E-state index contributed by atoms with van der Waals surface area (Å²) in [5.41, 5.74) is 7.05. The van der Waals surface area contributed by atoms with E-state index < -0.39 is 0 Å². The molecule has 5 heteroatoms. The maximum Gasteiger partial charge on any atom is 0.0620 e. The molecule has 2 unspecified atom stereocenters. The van der Waals surface area contributed by atoms with Gasteiger partial charge in [-0.1, -0.05) is 33.6 Å². The lowest BCUT2D eigenvalue weighted by Crippen LogP contribution is -2.47. The summed E-state index contributed by atoms with van der Waals surface area (Å²) in [5, 5.41) is 0.763. The van der Waals surface area contributed by atoms with Crippen LogP contribution in [0.2, 0.25) is 5.02 Å². The van der Waals surface area contributed by atoms with E-state index in [4.69, 9.17) is 22.1 Å². The summed E-state index contributed by atoms with van der Waals surface area (Å²) in [6.07, 6.45) is 0. The minimum atomic E-state index is 0.157. The molecule has 0 aromatic heterocycles. The fourth-order valence-electron chi connectivity index (χ4n) is 2.42. The maximum absolute atomic E-state index is 6.33. The van der Waals surface area contributed by atoms with Crippen LogP contribution >= 0.6 is 27.5 Å². The predicted molar refractivity (Wildman–Crippen MR) is 77.9 cm³/mol. The predicted octanol–water partition coefficient (Wildman–Crippen LogP) is 2.82. The molecule has 2 N–H and O–H groups in total. The first kappa shape index (κ1) is 14.3. The van der Waals surface area contributed by atoms with E-state index in [0.717, 1.165) is 34.8 Å². The first-order chi connectivity index (χ1) is 8.63. The zero-order valence-corrected chi connectivity index (χ0v) is 12.7. The van der Waals surface area contributed by atoms with Gasteiger partial charge in [0.2, 0.25) is 0 Å². The Kier molecular flexibility index (Phi) is 5.04. The molecule has 1 aliphatic rings. The lowest BCUT2D eigenvalue weighted by Gasteiger charge is -2.39. The number of hydrogen-bond acceptors (Lipinski definition) is 3. The standard InChI is InChI=1S/C13H18BrClN2O/c1-9-8-18-5-4-17(9)13(7-16)11-3-2-10(14)6-12(11)15/h2-3,6,9,13H,4-5,7-8,16H2,1H3. The van der Waals surface area contributed by atoms with Gasteiger partial charge in [0.1, 0.15) is 0 Å². The Bertz CT molecular complexity index is 416. The Hall–Kier alpha value is -0.130. The second-order valence-electron chi connectivity index (χ2n) is 4.58. The van der Waals surface area contributed by atoms with E-state index in [1.165, 1.54) is 0 Å². The van der Waals surface area contributed by atoms with Crippen LogP contribution in [0.5, 0.6) is 0 Å². The van der Waals surface area contributed by atoms with Crippen LogP contribution in [-0.2, 0) is 4.74 Å². The van der Waals surface area contributed by atoms with Crippen molar-refractivity contribution < 1.29 is 4.74 Å². The van der Waals surface area contributed by atoms with E-state index in [0.29, 0.717) is 12.6 Å². The molecule has 2 rings (SSSR count). The molecule has 1 heterocycles. The minimum absolute atomic E-state index is 0.157. The van der Waals surface area contributed by atoms with Gasteiger partial charge in [-0.3, -0.25) is 4.90 Å². The highest BCUT2D eigenvalue weighted by molar-refractivity contribution is 9.10. The highest BCUT2D eigenvalue weighted by Gasteiger charge is 2.27. The summed E-state index contributed by atoms with van der Waals surface area (Å²) >= 11 is 9.75. The summed E-state index contributed by atoms with van der Waals surface area (Å²) in [7, 11) is 0. The highest BCUT2D eigenvalue weighted by atomic mass is 79.9. The normalized spacial score (nSPS) is 23.0. The van der Waals surface area contributed by atoms with Gasteiger partial charge in [0, 0.05) is 34.7 Å². The van der Waals surface area contributed by atoms with Crippen molar-refractivity contribution >= 4 is 27.5 Å². The Morgan fingerprint density at radius 2 is 2.39 bits per heavy atom. The molecule has 1 saturated heterocycles. The molecule has 0 spiro atoms. The second-order valence-corrected chi connectivity index (χ2v) is 5.90. The third-order valence-corrected chi connectivity index (χ3v) is 4.18. The van der Waals surface area contributed by atoms with Crippen molar-refractivity contribution in [1.29, 1.82) is 0 Å². The van der Waals surface area contributed by atoms with Crippen molar-refractivity contribution in [3.63, 3.8) is 0 Å². The number of nitrogens with zero attached hydrogens (tertiary/aromatic N) is 1. The Morgan fingerprint density at radius 1 is 1.61 bits per heavy atom. The first-order valence-electron chi connectivity index (χ1n) is 6.12. The molecule has 0 amide bonds. The van der Waals surface area contributed by atoms with Gasteiger partial charge in [0.05, 0.1) is 13.2 Å². The number of halogens is 2. The van der Waals surface area contributed by atoms with Crippen molar-refractivity contribution in [2.45, 2.75) is 19.0 Å². The van der Waals surface area contributed by atoms with E-state index in [1.807, 2.05) is 18.2 Å². The van der Waals surface area contributed by atoms with E-state index >= 15 is 0 Å². The number of benzene rings is 1. The molecule has 100 valence electrons. The highest BCUT2D eigenvalue weighted by Crippen LogP contribution is 2.31. The van der Waals surface area contributed by atoms with Gasteiger partial charge in [-0.05, 0) is 24.6 Å². The van der Waals surface area contributed by atoms with Crippen molar-refractivity contribution in [2.75, 3.05) is 26.3 Å². The summed E-state index contributed by atoms with van der Waals surface area (Å²) in [5.74, 6) is 0. The number of hydrogen-bond donors (Lipinski definition) is 1. The van der Waals surface area contributed by atoms with Gasteiger partial charge in [-0.2, -0.15) is 0 Å². The van der Waals surface area contributed by atoms with Crippen molar-refractivity contribution in [3.8, 4) is 0 Å². The van der Waals surface area contributed by atoms with Crippen molar-refractivity contribution in [2.24, 2.45) is 5.73 Å². The monoisotopic (exact) mass is 332 g/mol. The molecule has 3 nitrogen and oxygen atoms in total. The van der Waals surface area contributed by atoms with E-state index in [1.54, 1.807) is 0 Å². The van der Waals surface area contributed by atoms with Gasteiger partial charge < -0.3 is 10.5 Å². The van der Waals surface area contributed by atoms with Gasteiger partial charge in [-0.15, -0.1) is 0 Å². The van der Waals surface area contributed by atoms with Crippen LogP contribution in [0, 0.1) is 0 Å². The zero-order valence-electron chi connectivity index (χ0n) is 10.4. The van der Waals surface area contributed by atoms with E-state index in [-0.39, 0.29) is 6.04 Å². The molecule has 0 saturated carbocycles. The summed E-state index contributed by atoms with van der Waals surface area (Å²) in [6.45, 7) is 5.13. The Morgan fingerprint density at radius 3 is 3.00 bits per heavy atom. The minimum Gasteiger partial charge on any atom is -0.379 e. The average Bonchev–Trinajstić information content (AvgIpc) is 2.34. The average molecular weight is 334 g/mol. The topological polar surface area (TPSA) is 38.5 Å². The Labute approximate surface area is 121 Å². The van der Waals surface area contributed by atoms with Crippen molar-refractivity contribution in [1.82, 2.24) is 4.90 Å². The molecule has 0 radical (unpaired) electrons. The fourth-order valence-corrected chi connectivity index (χ4v) is 3.22. The zero-order chi connectivity index (χ0) is 13.1. The molecular formula is C13H18BrClN2O. The molecule has 1 aliphatic heterocycles. The molecular weight excluding hydrogens is 316 g/mol. The molecule has 1 fully saturated rings. The fraction of sp³-hybridized carbons (Fsp3) is 0.538. The van der Waals surface area contributed by atoms with Gasteiger partial charge in [-0.25, -0.2) is 0 Å². The molecule has 1 aromatic carbocycles. The van der Waals surface area contributed by atoms with Crippen LogP contribution < -0.4 is 5.73 Å². The maximum atomic E-state index is 6.33. The largest absolute Gasteiger partial charge is 0.379 e. The number of morpholine rings is 1. The molecule has 2 atom stereocenters. The molecule has 1 aromatic rings. The van der Waals surface area contributed by atoms with Gasteiger partial charge in [0.15, 0.2) is 0 Å². The molecule has 18 heavy (non-hydrogen) atoms. The molecule has 0 aliphatic carbocycles. The number of rotatable bonds is 3. The Balaban J connectivity index is 2.26. The van der Waals surface area contributed by atoms with Crippen LogP contribution in [0.15, 0.2) is 22.7 Å². The van der Waals surface area contributed by atoms with Crippen LogP contribution in [0.4, 0.5) is 0 Å². The lowest BCUT2D eigenvalue weighted by molar-refractivity contribution is -0.0209. The van der Waals surface area contributed by atoms with Crippen molar-refractivity contribution in [3.05, 3.63) is 33.3 Å². The van der Waals surface area contributed by atoms with Crippen LogP contribution in [-0.4, -0.2) is 37.2 Å². The third-order valence-electron chi connectivity index (χ3n) is 3.36. The van der Waals surface area contributed by atoms with E-state index in [9.17, 15) is 0 Å².